The number of ketones is 1. The van der Waals surface area contributed by atoms with Crippen molar-refractivity contribution in [2.75, 3.05) is 12.4 Å². The summed E-state index contributed by atoms with van der Waals surface area (Å²) in [5, 5.41) is 2.59. The van der Waals surface area contributed by atoms with E-state index in [0.29, 0.717) is 0 Å². The maximum atomic E-state index is 11.4. The number of pyridine rings is 1. The lowest BCUT2D eigenvalue weighted by Gasteiger charge is -2.13. The van der Waals surface area contributed by atoms with E-state index in [9.17, 15) is 9.59 Å². The van der Waals surface area contributed by atoms with Gasteiger partial charge in [0.25, 0.3) is 0 Å². The molecule has 0 aliphatic heterocycles. The lowest BCUT2D eigenvalue weighted by molar-refractivity contribution is -0.114. The lowest BCUT2D eigenvalue weighted by atomic mass is 10.2. The van der Waals surface area contributed by atoms with Crippen LogP contribution in [0.1, 0.15) is 24.2 Å². The van der Waals surface area contributed by atoms with E-state index in [0.717, 1.165) is 0 Å². The minimum Gasteiger partial charge on any atom is -0.479 e. The van der Waals surface area contributed by atoms with Gasteiger partial charge in [-0.1, -0.05) is 11.6 Å². The fourth-order valence-corrected chi connectivity index (χ4v) is 2.35. The second kappa shape index (κ2) is 5.46. The van der Waals surface area contributed by atoms with Crippen LogP contribution in [0.2, 0.25) is 5.02 Å². The Balaban J connectivity index is 3.49. The molecule has 1 N–H and O–H groups in total. The Hall–Kier alpha value is -1.14. The number of hydrogen-bond donors (Lipinski definition) is 1. The summed E-state index contributed by atoms with van der Waals surface area (Å²) in [4.78, 5) is 26.5. The lowest BCUT2D eigenvalue weighted by Crippen LogP contribution is -2.11. The summed E-state index contributed by atoms with van der Waals surface area (Å²) in [5.41, 5.74) is 0.395. The number of amides is 1. The van der Waals surface area contributed by atoms with E-state index in [1.54, 1.807) is 0 Å². The summed E-state index contributed by atoms with van der Waals surface area (Å²) >= 11 is 9.18. The van der Waals surface area contributed by atoms with Crippen LogP contribution < -0.4 is 10.1 Å². The maximum absolute atomic E-state index is 11.4. The fourth-order valence-electron chi connectivity index (χ4n) is 1.24. The normalized spacial score (nSPS) is 9.94. The number of anilines is 1. The smallest absolute Gasteiger partial charge is 0.240 e. The monoisotopic (exact) mass is 320 g/mol. The molecule has 1 amide bonds. The quantitative estimate of drug-likeness (QED) is 0.686. The van der Waals surface area contributed by atoms with Crippen LogP contribution in [0.5, 0.6) is 5.88 Å². The molecule has 5 nitrogen and oxygen atoms in total. The largest absolute Gasteiger partial charge is 0.479 e. The number of carbonyl (C=O) groups excluding carboxylic acids is 2. The molecule has 0 radical (unpaired) electrons. The molecule has 0 saturated carbocycles. The van der Waals surface area contributed by atoms with Crippen LogP contribution in [-0.4, -0.2) is 23.8 Å². The highest BCUT2D eigenvalue weighted by Crippen LogP contribution is 2.37. The van der Waals surface area contributed by atoms with Gasteiger partial charge in [0.1, 0.15) is 10.3 Å². The van der Waals surface area contributed by atoms with Crippen LogP contribution >= 0.6 is 27.5 Å². The van der Waals surface area contributed by atoms with Crippen molar-refractivity contribution in [3.8, 4) is 5.88 Å². The molecule has 0 aliphatic carbocycles. The van der Waals surface area contributed by atoms with Crippen molar-refractivity contribution in [1.29, 1.82) is 0 Å². The van der Waals surface area contributed by atoms with Gasteiger partial charge >= 0.3 is 0 Å². The van der Waals surface area contributed by atoms with Crippen LogP contribution in [0.3, 0.4) is 0 Å². The first-order valence-corrected chi connectivity index (χ1v) is 5.77. The molecule has 0 spiro atoms. The highest BCUT2D eigenvalue weighted by Gasteiger charge is 2.21. The summed E-state index contributed by atoms with van der Waals surface area (Å²) in [7, 11) is 1.39. The predicted octanol–water partition coefficient (Wildman–Crippen LogP) is 2.67. The summed E-state index contributed by atoms with van der Waals surface area (Å²) in [5.74, 6) is -0.450. The summed E-state index contributed by atoms with van der Waals surface area (Å²) in [6, 6.07) is 0. The van der Waals surface area contributed by atoms with Crippen molar-refractivity contribution >= 4 is 44.9 Å². The SMILES string of the molecule is COc1nc(Br)c(C(C)=O)c(Cl)c1NC(C)=O. The maximum Gasteiger partial charge on any atom is 0.240 e. The Bertz CT molecular complexity index is 491. The van der Waals surface area contributed by atoms with Gasteiger partial charge in [-0.2, -0.15) is 0 Å². The van der Waals surface area contributed by atoms with Crippen LogP contribution in [0, 0.1) is 0 Å². The molecule has 92 valence electrons. The fraction of sp³-hybridized carbons (Fsp3) is 0.300. The Morgan fingerprint density at radius 3 is 2.41 bits per heavy atom. The molecule has 0 unspecified atom stereocenters. The third kappa shape index (κ3) is 2.95. The molecule has 0 fully saturated rings. The Labute approximate surface area is 112 Å². The Kier molecular flexibility index (Phi) is 4.47. The molecule has 0 saturated heterocycles. The van der Waals surface area contributed by atoms with Gasteiger partial charge in [0.05, 0.1) is 17.7 Å². The second-order valence-electron chi connectivity index (χ2n) is 3.21. The van der Waals surface area contributed by atoms with Crippen LogP contribution in [0.4, 0.5) is 5.69 Å². The Morgan fingerprint density at radius 1 is 1.41 bits per heavy atom. The van der Waals surface area contributed by atoms with Crippen LogP contribution in [-0.2, 0) is 4.79 Å². The molecule has 1 rings (SSSR count). The highest BCUT2D eigenvalue weighted by atomic mass is 79.9. The zero-order chi connectivity index (χ0) is 13.2. The van der Waals surface area contributed by atoms with Gasteiger partial charge in [0, 0.05) is 6.92 Å². The summed E-state index contributed by atoms with van der Waals surface area (Å²) in [6.45, 7) is 2.68. The van der Waals surface area contributed by atoms with Crippen LogP contribution in [0.15, 0.2) is 4.60 Å². The molecule has 0 bridgehead atoms. The zero-order valence-corrected chi connectivity index (χ0v) is 11.8. The number of methoxy groups -OCH3 is 1. The third-order valence-electron chi connectivity index (χ3n) is 1.91. The number of ether oxygens (including phenoxy) is 1. The average Bonchev–Trinajstić information content (AvgIpc) is 2.20. The molecular formula is C10H10BrClN2O3. The zero-order valence-electron chi connectivity index (χ0n) is 9.43. The number of aromatic nitrogens is 1. The van der Waals surface area contributed by atoms with E-state index in [-0.39, 0.29) is 38.4 Å². The van der Waals surface area contributed by atoms with E-state index in [4.69, 9.17) is 16.3 Å². The van der Waals surface area contributed by atoms with Gasteiger partial charge in [-0.25, -0.2) is 4.98 Å². The van der Waals surface area contributed by atoms with Crippen molar-refractivity contribution in [2.24, 2.45) is 0 Å². The van der Waals surface area contributed by atoms with Gasteiger partial charge in [0.2, 0.25) is 11.8 Å². The molecule has 1 aromatic heterocycles. The predicted molar refractivity (Wildman–Crippen MR) is 67.8 cm³/mol. The molecule has 1 heterocycles. The molecule has 7 heteroatoms. The van der Waals surface area contributed by atoms with Crippen molar-refractivity contribution in [3.63, 3.8) is 0 Å². The van der Waals surface area contributed by atoms with E-state index < -0.39 is 0 Å². The topological polar surface area (TPSA) is 68.3 Å². The number of rotatable bonds is 3. The third-order valence-corrected chi connectivity index (χ3v) is 2.86. The number of nitrogens with zero attached hydrogens (tertiary/aromatic N) is 1. The van der Waals surface area contributed by atoms with Crippen molar-refractivity contribution in [2.45, 2.75) is 13.8 Å². The molecule has 0 aliphatic rings. The first-order valence-electron chi connectivity index (χ1n) is 4.60. The summed E-state index contributed by atoms with van der Waals surface area (Å²) in [6.07, 6.45) is 0. The molecular weight excluding hydrogens is 311 g/mol. The van der Waals surface area contributed by atoms with E-state index in [2.05, 4.69) is 26.2 Å². The van der Waals surface area contributed by atoms with E-state index in [1.165, 1.54) is 21.0 Å². The first kappa shape index (κ1) is 13.9. The van der Waals surface area contributed by atoms with Gasteiger partial charge in [0.15, 0.2) is 5.78 Å². The summed E-state index contributed by atoms with van der Waals surface area (Å²) < 4.78 is 5.27. The standard InChI is InChI=1S/C10H10BrClN2O3/c1-4(15)6-7(12)8(13-5(2)16)10(17-3)14-9(6)11/h1-3H3,(H,13,16). The minimum atomic E-state index is -0.330. The molecule has 0 aromatic carbocycles. The Morgan fingerprint density at radius 2 is 2.00 bits per heavy atom. The van der Waals surface area contributed by atoms with E-state index >= 15 is 0 Å². The number of nitrogens with one attached hydrogen (secondary N) is 1. The number of hydrogen-bond acceptors (Lipinski definition) is 4. The van der Waals surface area contributed by atoms with Gasteiger partial charge in [-0.3, -0.25) is 9.59 Å². The minimum absolute atomic E-state index is 0.103. The van der Waals surface area contributed by atoms with Crippen LogP contribution in [0.25, 0.3) is 0 Å². The second-order valence-corrected chi connectivity index (χ2v) is 4.34. The van der Waals surface area contributed by atoms with Crippen molar-refractivity contribution in [1.82, 2.24) is 4.98 Å². The van der Waals surface area contributed by atoms with Gasteiger partial charge in [-0.05, 0) is 22.9 Å². The number of halogens is 2. The molecule has 0 atom stereocenters. The molecule has 1 aromatic rings. The van der Waals surface area contributed by atoms with Crippen molar-refractivity contribution in [3.05, 3.63) is 15.2 Å². The average molecular weight is 322 g/mol. The van der Waals surface area contributed by atoms with Crippen molar-refractivity contribution < 1.29 is 14.3 Å². The van der Waals surface area contributed by atoms with E-state index in [1.807, 2.05) is 0 Å². The van der Waals surface area contributed by atoms with Gasteiger partial charge in [-0.15, -0.1) is 0 Å². The number of Topliss-reactive ketones (excluding diaryl/α,β-unsaturated/α-hetero) is 1. The number of carbonyl (C=O) groups is 2. The highest BCUT2D eigenvalue weighted by molar-refractivity contribution is 9.10. The molecule has 17 heavy (non-hydrogen) atoms. The van der Waals surface area contributed by atoms with Gasteiger partial charge < -0.3 is 10.1 Å². The first-order chi connectivity index (χ1) is 7.88.